The number of piperazine rings is 2. The van der Waals surface area contributed by atoms with Crippen LogP contribution in [0.5, 0.6) is 0 Å². The molecule has 264 valence electrons. The molecule has 4 aromatic carbocycles. The lowest BCUT2D eigenvalue weighted by molar-refractivity contribution is 0.120. The fourth-order valence-corrected chi connectivity index (χ4v) is 6.40. The molecule has 4 heterocycles. The fraction of sp³-hybridized carbons (Fsp3) is 0.300. The summed E-state index contributed by atoms with van der Waals surface area (Å²) in [7, 11) is 0. The van der Waals surface area contributed by atoms with E-state index in [-0.39, 0.29) is 17.0 Å². The fourth-order valence-electron chi connectivity index (χ4n) is 6.28. The van der Waals surface area contributed by atoms with Gasteiger partial charge in [-0.2, -0.15) is 0 Å². The summed E-state index contributed by atoms with van der Waals surface area (Å²) in [5.74, 6) is 1.48. The molecule has 0 radical (unpaired) electrons. The number of nitrogens with one attached hydrogen (secondary N) is 3. The molecule has 0 amide bonds. The standard InChI is InChI=1S/C20H22N4O.C11H16N2.C9H7ClN2O/c25-20-17-8-4-5-9-18(17)21-19(22-20)15-24-12-10-23(11-13-24)14-16-6-2-1-3-7-16;1-2-4-11(5-3-1)10-13-8-6-12-7-9-13;10-5-8-11-7-4-2-1-3-6(7)9(13)12-8/h1-9H,10-15H2,(H,21,22,25);1-5,12H,6-10H2;1-4H,5H2,(H,11,12,13). The molecule has 11 heteroatoms. The Hall–Kier alpha value is -4.71. The molecule has 0 spiro atoms. The van der Waals surface area contributed by atoms with Crippen LogP contribution in [0.4, 0.5) is 0 Å². The average Bonchev–Trinajstić information content (AvgIpc) is 3.17. The highest BCUT2D eigenvalue weighted by Gasteiger charge is 2.18. The summed E-state index contributed by atoms with van der Waals surface area (Å²) in [4.78, 5) is 45.2. The number of halogens is 1. The van der Waals surface area contributed by atoms with Gasteiger partial charge in [-0.3, -0.25) is 24.3 Å². The van der Waals surface area contributed by atoms with E-state index in [2.05, 4.69) is 101 Å². The van der Waals surface area contributed by atoms with Crippen LogP contribution in [0.3, 0.4) is 0 Å². The van der Waals surface area contributed by atoms with E-state index in [1.165, 1.54) is 24.2 Å². The van der Waals surface area contributed by atoms with Crippen molar-refractivity contribution in [3.8, 4) is 0 Å². The number of aromatic amines is 2. The molecule has 2 aliphatic heterocycles. The van der Waals surface area contributed by atoms with Crippen LogP contribution in [0.15, 0.2) is 119 Å². The first kappa shape index (κ1) is 36.1. The Morgan fingerprint density at radius 2 is 0.922 bits per heavy atom. The van der Waals surface area contributed by atoms with Crippen molar-refractivity contribution in [3.63, 3.8) is 0 Å². The van der Waals surface area contributed by atoms with Gasteiger partial charge >= 0.3 is 0 Å². The number of nitrogens with zero attached hydrogens (tertiary/aromatic N) is 5. The van der Waals surface area contributed by atoms with Gasteiger partial charge in [0.15, 0.2) is 0 Å². The van der Waals surface area contributed by atoms with Crippen molar-refractivity contribution in [2.45, 2.75) is 25.5 Å². The van der Waals surface area contributed by atoms with Crippen molar-refractivity contribution in [2.75, 3.05) is 52.4 Å². The molecular weight excluding hydrogens is 660 g/mol. The van der Waals surface area contributed by atoms with Crippen molar-refractivity contribution in [1.29, 1.82) is 0 Å². The molecule has 2 aliphatic rings. The zero-order chi connectivity index (χ0) is 35.3. The van der Waals surface area contributed by atoms with Gasteiger partial charge in [-0.1, -0.05) is 84.9 Å². The molecule has 0 saturated carbocycles. The van der Waals surface area contributed by atoms with E-state index in [4.69, 9.17) is 11.6 Å². The Morgan fingerprint density at radius 3 is 1.43 bits per heavy atom. The predicted octanol–water partition coefficient (Wildman–Crippen LogP) is 4.99. The zero-order valence-electron chi connectivity index (χ0n) is 28.8. The maximum absolute atomic E-state index is 12.2. The number of para-hydroxylation sites is 2. The Balaban J connectivity index is 0.000000145. The highest BCUT2D eigenvalue weighted by atomic mass is 35.5. The van der Waals surface area contributed by atoms with E-state index in [1.54, 1.807) is 18.2 Å². The summed E-state index contributed by atoms with van der Waals surface area (Å²) < 4.78 is 0. The predicted molar refractivity (Wildman–Crippen MR) is 206 cm³/mol. The summed E-state index contributed by atoms with van der Waals surface area (Å²) in [6.45, 7) is 11.5. The lowest BCUT2D eigenvalue weighted by Gasteiger charge is -2.34. The molecule has 2 saturated heterocycles. The van der Waals surface area contributed by atoms with Gasteiger partial charge < -0.3 is 15.3 Å². The summed E-state index contributed by atoms with van der Waals surface area (Å²) in [5.41, 5.74) is 4.04. The van der Waals surface area contributed by atoms with Crippen LogP contribution in [0.25, 0.3) is 21.8 Å². The Labute approximate surface area is 303 Å². The Bertz CT molecular complexity index is 2080. The first-order chi connectivity index (χ1) is 25.0. The second-order valence-corrected chi connectivity index (χ2v) is 13.0. The monoisotopic (exact) mass is 704 g/mol. The van der Waals surface area contributed by atoms with Crippen LogP contribution in [0.2, 0.25) is 0 Å². The molecule has 51 heavy (non-hydrogen) atoms. The van der Waals surface area contributed by atoms with Gasteiger partial charge in [-0.25, -0.2) is 9.97 Å². The molecule has 8 rings (SSSR count). The van der Waals surface area contributed by atoms with E-state index in [0.29, 0.717) is 28.7 Å². The highest BCUT2D eigenvalue weighted by Crippen LogP contribution is 2.12. The van der Waals surface area contributed by atoms with Crippen molar-refractivity contribution in [1.82, 2.24) is 40.0 Å². The number of hydrogen-bond acceptors (Lipinski definition) is 8. The number of H-pyrrole nitrogens is 2. The normalized spacial score (nSPS) is 15.5. The maximum atomic E-state index is 12.2. The topological polar surface area (TPSA) is 113 Å². The van der Waals surface area contributed by atoms with E-state index in [0.717, 1.165) is 63.7 Å². The first-order valence-corrected chi connectivity index (χ1v) is 18.0. The third-order valence-electron chi connectivity index (χ3n) is 9.00. The molecular formula is C40H45ClN8O2. The second kappa shape index (κ2) is 18.5. The zero-order valence-corrected chi connectivity index (χ0v) is 29.6. The lowest BCUT2D eigenvalue weighted by atomic mass is 10.2. The average molecular weight is 705 g/mol. The number of rotatable bonds is 7. The van der Waals surface area contributed by atoms with E-state index >= 15 is 0 Å². The van der Waals surface area contributed by atoms with Crippen molar-refractivity contribution in [3.05, 3.63) is 153 Å². The van der Waals surface area contributed by atoms with Gasteiger partial charge in [-0.05, 0) is 35.4 Å². The van der Waals surface area contributed by atoms with Crippen LogP contribution in [0.1, 0.15) is 22.8 Å². The van der Waals surface area contributed by atoms with E-state index in [1.807, 2.05) is 30.3 Å². The number of aromatic nitrogens is 4. The highest BCUT2D eigenvalue weighted by molar-refractivity contribution is 6.16. The molecule has 10 nitrogen and oxygen atoms in total. The molecule has 6 aromatic rings. The van der Waals surface area contributed by atoms with Gasteiger partial charge in [-0.15, -0.1) is 11.6 Å². The minimum atomic E-state index is -0.138. The van der Waals surface area contributed by atoms with Gasteiger partial charge in [0, 0.05) is 65.4 Å². The van der Waals surface area contributed by atoms with Crippen molar-refractivity contribution < 1.29 is 0 Å². The molecule has 0 unspecified atom stereocenters. The molecule has 0 aliphatic carbocycles. The van der Waals surface area contributed by atoms with Crippen LogP contribution in [-0.4, -0.2) is 87.0 Å². The smallest absolute Gasteiger partial charge is 0.258 e. The van der Waals surface area contributed by atoms with Crippen LogP contribution < -0.4 is 16.4 Å². The SMILES string of the molecule is O=c1[nH]c(CCl)nc2ccccc12.O=c1[nH]c(CN2CCN(Cc3ccccc3)CC2)nc2ccccc12.c1ccc(CN2CCNCC2)cc1. The van der Waals surface area contributed by atoms with Crippen LogP contribution >= 0.6 is 11.6 Å². The molecule has 3 N–H and O–H groups in total. The number of benzene rings is 4. The summed E-state index contributed by atoms with van der Waals surface area (Å²) in [6.07, 6.45) is 0. The number of hydrogen-bond donors (Lipinski definition) is 3. The minimum absolute atomic E-state index is 0.0525. The summed E-state index contributed by atoms with van der Waals surface area (Å²) in [5, 5.41) is 4.60. The Kier molecular flexibility index (Phi) is 13.1. The summed E-state index contributed by atoms with van der Waals surface area (Å²) >= 11 is 5.57. The molecule has 0 atom stereocenters. The van der Waals surface area contributed by atoms with Gasteiger partial charge in [0.05, 0.1) is 34.2 Å². The number of alkyl halides is 1. The van der Waals surface area contributed by atoms with Crippen molar-refractivity contribution >= 4 is 33.4 Å². The van der Waals surface area contributed by atoms with Gasteiger partial charge in [0.2, 0.25) is 0 Å². The van der Waals surface area contributed by atoms with Crippen LogP contribution in [-0.2, 0) is 25.5 Å². The summed E-state index contributed by atoms with van der Waals surface area (Å²) in [6, 6.07) is 35.9. The molecule has 2 aromatic heterocycles. The lowest BCUT2D eigenvalue weighted by Crippen LogP contribution is -2.45. The number of fused-ring (bicyclic) bond motifs is 2. The maximum Gasteiger partial charge on any atom is 0.258 e. The minimum Gasteiger partial charge on any atom is -0.314 e. The third kappa shape index (κ3) is 10.6. The van der Waals surface area contributed by atoms with Crippen molar-refractivity contribution in [2.24, 2.45) is 0 Å². The van der Waals surface area contributed by atoms with E-state index in [9.17, 15) is 9.59 Å². The van der Waals surface area contributed by atoms with E-state index < -0.39 is 0 Å². The second-order valence-electron chi connectivity index (χ2n) is 12.7. The van der Waals surface area contributed by atoms with Gasteiger partial charge in [0.25, 0.3) is 11.1 Å². The van der Waals surface area contributed by atoms with Gasteiger partial charge in [0.1, 0.15) is 11.6 Å². The third-order valence-corrected chi connectivity index (χ3v) is 9.25. The molecule has 2 fully saturated rings. The Morgan fingerprint density at radius 1 is 0.510 bits per heavy atom. The first-order valence-electron chi connectivity index (χ1n) is 17.5. The quantitative estimate of drug-likeness (QED) is 0.199. The molecule has 0 bridgehead atoms. The van der Waals surface area contributed by atoms with Crippen LogP contribution in [0, 0.1) is 0 Å². The largest absolute Gasteiger partial charge is 0.314 e.